The van der Waals surface area contributed by atoms with E-state index in [0.29, 0.717) is 4.90 Å². The molecule has 1 aromatic rings. The van der Waals surface area contributed by atoms with Gasteiger partial charge in [-0.15, -0.1) is 0 Å². The molecule has 102 valence electrons. The van der Waals surface area contributed by atoms with Gasteiger partial charge in [-0.2, -0.15) is 9.57 Å². The van der Waals surface area contributed by atoms with E-state index in [4.69, 9.17) is 5.26 Å². The smallest absolute Gasteiger partial charge is 0.207 e. The second-order valence-corrected chi connectivity index (χ2v) is 7.01. The van der Waals surface area contributed by atoms with Crippen molar-refractivity contribution in [3.8, 4) is 6.07 Å². The summed E-state index contributed by atoms with van der Waals surface area (Å²) in [5.74, 6) is 0. The molecule has 0 amide bonds. The number of nitrogens with zero attached hydrogens (tertiary/aromatic N) is 2. The molecule has 4 nitrogen and oxygen atoms in total. The predicted octanol–water partition coefficient (Wildman–Crippen LogP) is 2.10. The molecule has 0 saturated carbocycles. The summed E-state index contributed by atoms with van der Waals surface area (Å²) in [6, 6.07) is 7.07. The highest BCUT2D eigenvalue weighted by Gasteiger charge is 2.26. The van der Waals surface area contributed by atoms with Gasteiger partial charge in [0.2, 0.25) is 10.0 Å². The standard InChI is InChI=1S/C14H18N2O2S/c1-11(8-9-15)16(2)19(17,18)14-7-6-12-4-3-5-13(12)10-14/h6-7,10-11H,3-5,8H2,1-2H3. The van der Waals surface area contributed by atoms with E-state index in [2.05, 4.69) is 0 Å². The Kier molecular flexibility index (Phi) is 3.93. The number of hydrogen-bond acceptors (Lipinski definition) is 3. The molecule has 1 aliphatic carbocycles. The Hall–Kier alpha value is -1.38. The summed E-state index contributed by atoms with van der Waals surface area (Å²) in [5, 5.41) is 8.68. The van der Waals surface area contributed by atoms with Crippen LogP contribution in [0.2, 0.25) is 0 Å². The zero-order chi connectivity index (χ0) is 14.0. The van der Waals surface area contributed by atoms with Crippen molar-refractivity contribution < 1.29 is 8.42 Å². The molecule has 0 aromatic heterocycles. The van der Waals surface area contributed by atoms with E-state index in [0.717, 1.165) is 24.8 Å². The highest BCUT2D eigenvalue weighted by molar-refractivity contribution is 7.89. The normalized spacial score (nSPS) is 16.1. The van der Waals surface area contributed by atoms with E-state index in [9.17, 15) is 8.42 Å². The van der Waals surface area contributed by atoms with Crippen molar-refractivity contribution in [3.63, 3.8) is 0 Å². The van der Waals surface area contributed by atoms with Gasteiger partial charge in [-0.3, -0.25) is 0 Å². The fraction of sp³-hybridized carbons (Fsp3) is 0.500. The van der Waals surface area contributed by atoms with Crippen LogP contribution < -0.4 is 0 Å². The Morgan fingerprint density at radius 1 is 1.37 bits per heavy atom. The highest BCUT2D eigenvalue weighted by atomic mass is 32.2. The first-order chi connectivity index (χ1) is 8.96. The van der Waals surface area contributed by atoms with Crippen LogP contribution >= 0.6 is 0 Å². The third-order valence-electron chi connectivity index (χ3n) is 3.75. The Morgan fingerprint density at radius 3 is 2.74 bits per heavy atom. The molecule has 0 heterocycles. The Balaban J connectivity index is 2.32. The molecular weight excluding hydrogens is 260 g/mol. The number of benzene rings is 1. The molecule has 1 aromatic carbocycles. The first-order valence-corrected chi connectivity index (χ1v) is 7.87. The average Bonchev–Trinajstić information content (AvgIpc) is 2.85. The van der Waals surface area contributed by atoms with Gasteiger partial charge in [0.25, 0.3) is 0 Å². The summed E-state index contributed by atoms with van der Waals surface area (Å²) < 4.78 is 26.2. The fourth-order valence-corrected chi connectivity index (χ4v) is 3.78. The van der Waals surface area contributed by atoms with Crippen molar-refractivity contribution in [1.82, 2.24) is 4.31 Å². The maximum Gasteiger partial charge on any atom is 0.243 e. The van der Waals surface area contributed by atoms with Crippen LogP contribution in [0.1, 0.15) is 30.9 Å². The molecule has 1 unspecified atom stereocenters. The molecule has 0 spiro atoms. The number of fused-ring (bicyclic) bond motifs is 1. The maximum absolute atomic E-state index is 12.5. The van der Waals surface area contributed by atoms with E-state index in [1.54, 1.807) is 19.1 Å². The molecule has 19 heavy (non-hydrogen) atoms. The van der Waals surface area contributed by atoms with Crippen LogP contribution in [0.3, 0.4) is 0 Å². The molecule has 0 saturated heterocycles. The molecule has 5 heteroatoms. The molecule has 1 aliphatic rings. The van der Waals surface area contributed by atoms with Gasteiger partial charge in [0, 0.05) is 13.1 Å². The van der Waals surface area contributed by atoms with Gasteiger partial charge in [0.1, 0.15) is 0 Å². The van der Waals surface area contributed by atoms with E-state index in [1.165, 1.54) is 16.9 Å². The third kappa shape index (κ3) is 2.65. The van der Waals surface area contributed by atoms with Crippen molar-refractivity contribution in [2.45, 2.75) is 43.5 Å². The Morgan fingerprint density at radius 2 is 2.05 bits per heavy atom. The zero-order valence-corrected chi connectivity index (χ0v) is 12.1. The van der Waals surface area contributed by atoms with Crippen LogP contribution in [-0.4, -0.2) is 25.8 Å². The van der Waals surface area contributed by atoms with Crippen molar-refractivity contribution >= 4 is 10.0 Å². The number of hydrogen-bond donors (Lipinski definition) is 0. The van der Waals surface area contributed by atoms with Gasteiger partial charge >= 0.3 is 0 Å². The topological polar surface area (TPSA) is 61.2 Å². The van der Waals surface area contributed by atoms with Crippen LogP contribution in [0.15, 0.2) is 23.1 Å². The number of aryl methyl sites for hydroxylation is 2. The summed E-state index contributed by atoms with van der Waals surface area (Å²) >= 11 is 0. The first kappa shape index (κ1) is 14.0. The lowest BCUT2D eigenvalue weighted by Gasteiger charge is -2.22. The van der Waals surface area contributed by atoms with Crippen LogP contribution in [0.4, 0.5) is 0 Å². The van der Waals surface area contributed by atoms with Gasteiger partial charge in [-0.05, 0) is 49.4 Å². The van der Waals surface area contributed by atoms with E-state index >= 15 is 0 Å². The Labute approximate surface area is 114 Å². The monoisotopic (exact) mass is 278 g/mol. The van der Waals surface area contributed by atoms with Crippen LogP contribution in [0, 0.1) is 11.3 Å². The SMILES string of the molecule is CC(CC#N)N(C)S(=O)(=O)c1ccc2c(c1)CCC2. The maximum atomic E-state index is 12.5. The number of nitriles is 1. The van der Waals surface area contributed by atoms with Crippen LogP contribution in [0.25, 0.3) is 0 Å². The largest absolute Gasteiger partial charge is 0.243 e. The fourth-order valence-electron chi connectivity index (χ4n) is 2.37. The van der Waals surface area contributed by atoms with Crippen molar-refractivity contribution in [2.24, 2.45) is 0 Å². The predicted molar refractivity (Wildman–Crippen MR) is 73.1 cm³/mol. The van der Waals surface area contributed by atoms with Crippen molar-refractivity contribution in [1.29, 1.82) is 5.26 Å². The summed E-state index contributed by atoms with van der Waals surface area (Å²) in [6.07, 6.45) is 3.28. The molecule has 0 aliphatic heterocycles. The molecule has 0 N–H and O–H groups in total. The van der Waals surface area contributed by atoms with Gasteiger partial charge < -0.3 is 0 Å². The minimum absolute atomic E-state index is 0.195. The van der Waals surface area contributed by atoms with Gasteiger partial charge in [-0.1, -0.05) is 6.07 Å². The van der Waals surface area contributed by atoms with Crippen LogP contribution in [0.5, 0.6) is 0 Å². The quantitative estimate of drug-likeness (QED) is 0.847. The summed E-state index contributed by atoms with van der Waals surface area (Å²) in [5.41, 5.74) is 2.40. The summed E-state index contributed by atoms with van der Waals surface area (Å²) in [4.78, 5) is 0.334. The number of sulfonamides is 1. The van der Waals surface area contributed by atoms with Gasteiger partial charge in [0.05, 0.1) is 17.4 Å². The van der Waals surface area contributed by atoms with Crippen molar-refractivity contribution in [3.05, 3.63) is 29.3 Å². The second-order valence-electron chi connectivity index (χ2n) is 5.02. The Bertz CT molecular complexity index is 617. The van der Waals surface area contributed by atoms with Crippen molar-refractivity contribution in [2.75, 3.05) is 7.05 Å². The van der Waals surface area contributed by atoms with Gasteiger partial charge in [0.15, 0.2) is 0 Å². The molecule has 1 atom stereocenters. The lowest BCUT2D eigenvalue weighted by Crippen LogP contribution is -2.34. The van der Waals surface area contributed by atoms with E-state index < -0.39 is 10.0 Å². The summed E-state index contributed by atoms with van der Waals surface area (Å²) in [7, 11) is -1.97. The molecule has 0 bridgehead atoms. The van der Waals surface area contributed by atoms with Crippen LogP contribution in [-0.2, 0) is 22.9 Å². The lowest BCUT2D eigenvalue weighted by molar-refractivity contribution is 0.393. The minimum atomic E-state index is -3.50. The molecule has 0 radical (unpaired) electrons. The second kappa shape index (κ2) is 5.32. The minimum Gasteiger partial charge on any atom is -0.207 e. The lowest BCUT2D eigenvalue weighted by atomic mass is 10.1. The molecule has 0 fully saturated rings. The highest BCUT2D eigenvalue weighted by Crippen LogP contribution is 2.26. The zero-order valence-electron chi connectivity index (χ0n) is 11.3. The van der Waals surface area contributed by atoms with Gasteiger partial charge in [-0.25, -0.2) is 8.42 Å². The number of rotatable bonds is 4. The molecular formula is C14H18N2O2S. The molecule has 2 rings (SSSR count). The average molecular weight is 278 g/mol. The van der Waals surface area contributed by atoms with E-state index in [-0.39, 0.29) is 12.5 Å². The first-order valence-electron chi connectivity index (χ1n) is 6.43. The third-order valence-corrected chi connectivity index (χ3v) is 5.72. The summed E-state index contributed by atoms with van der Waals surface area (Å²) in [6.45, 7) is 1.74. The van der Waals surface area contributed by atoms with E-state index in [1.807, 2.05) is 12.1 Å².